The second-order valence-corrected chi connectivity index (χ2v) is 6.31. The van der Waals surface area contributed by atoms with E-state index in [1.165, 1.54) is 0 Å². The third kappa shape index (κ3) is 4.36. The fourth-order valence-electron chi connectivity index (χ4n) is 2.76. The monoisotopic (exact) mass is 379 g/mol. The molecule has 0 bridgehead atoms. The van der Waals surface area contributed by atoms with Gasteiger partial charge in [0.15, 0.2) is 5.78 Å². The third-order valence-electron chi connectivity index (χ3n) is 4.15. The maximum atomic E-state index is 12.8. The Morgan fingerprint density at radius 2 is 1.52 bits per heavy atom. The van der Waals surface area contributed by atoms with Crippen LogP contribution in [0.15, 0.2) is 72.8 Å². The van der Waals surface area contributed by atoms with Crippen molar-refractivity contribution in [3.8, 4) is 5.75 Å². The standard InChI is InChI=1S/C22H18ClNO3/c1-27-20-9-5-2-6-16(20)14-24-22(26)19-8-4-3-7-18(19)21(25)15-10-12-17(23)13-11-15/h2-13H,14H2,1H3,(H,24,26). The first-order valence-electron chi connectivity index (χ1n) is 8.39. The van der Waals surface area contributed by atoms with Crippen LogP contribution in [0.2, 0.25) is 5.02 Å². The average molecular weight is 380 g/mol. The SMILES string of the molecule is COc1ccccc1CNC(=O)c1ccccc1C(=O)c1ccc(Cl)cc1. The molecule has 27 heavy (non-hydrogen) atoms. The fraction of sp³-hybridized carbons (Fsp3) is 0.0909. The minimum absolute atomic E-state index is 0.227. The summed E-state index contributed by atoms with van der Waals surface area (Å²) in [5, 5.41) is 3.40. The first-order chi connectivity index (χ1) is 13.1. The molecule has 1 amide bonds. The Morgan fingerprint density at radius 1 is 0.889 bits per heavy atom. The van der Waals surface area contributed by atoms with E-state index in [2.05, 4.69) is 5.32 Å². The van der Waals surface area contributed by atoms with Gasteiger partial charge in [0.2, 0.25) is 0 Å². The van der Waals surface area contributed by atoms with E-state index in [0.717, 1.165) is 5.56 Å². The zero-order valence-corrected chi connectivity index (χ0v) is 15.5. The van der Waals surface area contributed by atoms with Gasteiger partial charge in [-0.1, -0.05) is 48.0 Å². The van der Waals surface area contributed by atoms with Gasteiger partial charge in [0.25, 0.3) is 5.91 Å². The predicted molar refractivity (Wildman–Crippen MR) is 105 cm³/mol. The molecule has 0 fully saturated rings. The molecule has 0 aliphatic carbocycles. The van der Waals surface area contributed by atoms with Gasteiger partial charge in [0.1, 0.15) is 5.75 Å². The Bertz CT molecular complexity index is 967. The summed E-state index contributed by atoms with van der Waals surface area (Å²) in [5.74, 6) is 0.150. The van der Waals surface area contributed by atoms with Crippen molar-refractivity contribution in [1.82, 2.24) is 5.32 Å². The molecule has 0 aromatic heterocycles. The van der Waals surface area contributed by atoms with E-state index >= 15 is 0 Å². The van der Waals surface area contributed by atoms with E-state index in [9.17, 15) is 9.59 Å². The number of carbonyl (C=O) groups is 2. The molecule has 0 aliphatic rings. The summed E-state index contributed by atoms with van der Waals surface area (Å²) in [6, 6.07) is 20.8. The van der Waals surface area contributed by atoms with Crippen LogP contribution in [0.3, 0.4) is 0 Å². The quantitative estimate of drug-likeness (QED) is 0.641. The second kappa shape index (κ2) is 8.52. The van der Waals surface area contributed by atoms with Crippen LogP contribution in [0, 0.1) is 0 Å². The molecule has 0 spiro atoms. The molecular weight excluding hydrogens is 362 g/mol. The Hall–Kier alpha value is -3.11. The highest BCUT2D eigenvalue weighted by molar-refractivity contribution is 6.30. The lowest BCUT2D eigenvalue weighted by Crippen LogP contribution is -2.25. The van der Waals surface area contributed by atoms with E-state index in [1.807, 2.05) is 24.3 Å². The molecule has 0 aliphatic heterocycles. The third-order valence-corrected chi connectivity index (χ3v) is 4.41. The Labute approximate surface area is 162 Å². The van der Waals surface area contributed by atoms with E-state index < -0.39 is 0 Å². The maximum Gasteiger partial charge on any atom is 0.252 e. The van der Waals surface area contributed by atoms with E-state index in [4.69, 9.17) is 16.3 Å². The predicted octanol–water partition coefficient (Wildman–Crippen LogP) is 4.51. The van der Waals surface area contributed by atoms with Gasteiger partial charge in [-0.2, -0.15) is 0 Å². The van der Waals surface area contributed by atoms with E-state index in [-0.39, 0.29) is 11.7 Å². The van der Waals surface area contributed by atoms with Gasteiger partial charge < -0.3 is 10.1 Å². The van der Waals surface area contributed by atoms with Crippen LogP contribution in [0.5, 0.6) is 5.75 Å². The van der Waals surface area contributed by atoms with Crippen molar-refractivity contribution in [1.29, 1.82) is 0 Å². The highest BCUT2D eigenvalue weighted by atomic mass is 35.5. The molecule has 0 saturated heterocycles. The molecule has 3 aromatic carbocycles. The summed E-state index contributed by atoms with van der Waals surface area (Å²) in [7, 11) is 1.58. The number of amides is 1. The number of hydrogen-bond donors (Lipinski definition) is 1. The number of ketones is 1. The van der Waals surface area contributed by atoms with Crippen LogP contribution in [0.1, 0.15) is 31.8 Å². The van der Waals surface area contributed by atoms with Crippen LogP contribution in [0.4, 0.5) is 0 Å². The van der Waals surface area contributed by atoms with Crippen molar-refractivity contribution in [2.45, 2.75) is 6.54 Å². The topological polar surface area (TPSA) is 55.4 Å². The lowest BCUT2D eigenvalue weighted by atomic mass is 9.98. The van der Waals surface area contributed by atoms with Crippen molar-refractivity contribution in [3.63, 3.8) is 0 Å². The number of para-hydroxylation sites is 1. The molecule has 0 radical (unpaired) electrons. The van der Waals surface area contributed by atoms with Crippen molar-refractivity contribution in [2.75, 3.05) is 7.11 Å². The summed E-state index contributed by atoms with van der Waals surface area (Å²) >= 11 is 5.88. The van der Waals surface area contributed by atoms with Crippen molar-refractivity contribution in [2.24, 2.45) is 0 Å². The summed E-state index contributed by atoms with van der Waals surface area (Å²) in [6.07, 6.45) is 0. The van der Waals surface area contributed by atoms with Crippen LogP contribution >= 0.6 is 11.6 Å². The molecule has 0 heterocycles. The largest absolute Gasteiger partial charge is 0.496 e. The van der Waals surface area contributed by atoms with Gasteiger partial charge in [-0.3, -0.25) is 9.59 Å². The molecule has 0 saturated carbocycles. The summed E-state index contributed by atoms with van der Waals surface area (Å²) in [6.45, 7) is 0.298. The van der Waals surface area contributed by atoms with Crippen molar-refractivity contribution < 1.29 is 14.3 Å². The van der Waals surface area contributed by atoms with Crippen LogP contribution in [-0.4, -0.2) is 18.8 Å². The number of rotatable bonds is 6. The molecule has 4 nitrogen and oxygen atoms in total. The van der Waals surface area contributed by atoms with Crippen LogP contribution in [0.25, 0.3) is 0 Å². The zero-order chi connectivity index (χ0) is 19.2. The van der Waals surface area contributed by atoms with Crippen LogP contribution in [-0.2, 0) is 6.54 Å². The lowest BCUT2D eigenvalue weighted by molar-refractivity contribution is 0.0939. The molecule has 3 rings (SSSR count). The van der Waals surface area contributed by atoms with Gasteiger partial charge in [-0.25, -0.2) is 0 Å². The number of benzene rings is 3. The summed E-state index contributed by atoms with van der Waals surface area (Å²) in [4.78, 5) is 25.5. The lowest BCUT2D eigenvalue weighted by Gasteiger charge is -2.12. The number of carbonyl (C=O) groups excluding carboxylic acids is 2. The van der Waals surface area contributed by atoms with Gasteiger partial charge in [-0.05, 0) is 36.4 Å². The maximum absolute atomic E-state index is 12.8. The van der Waals surface area contributed by atoms with Crippen LogP contribution < -0.4 is 10.1 Å². The molecule has 5 heteroatoms. The molecule has 136 valence electrons. The summed E-state index contributed by atoms with van der Waals surface area (Å²) < 4.78 is 5.30. The molecule has 3 aromatic rings. The van der Waals surface area contributed by atoms with Gasteiger partial charge >= 0.3 is 0 Å². The minimum atomic E-state index is -0.321. The Balaban J connectivity index is 1.81. The first kappa shape index (κ1) is 18.7. The average Bonchev–Trinajstić information content (AvgIpc) is 2.72. The number of hydrogen-bond acceptors (Lipinski definition) is 3. The highest BCUT2D eigenvalue weighted by Crippen LogP contribution is 2.19. The smallest absolute Gasteiger partial charge is 0.252 e. The van der Waals surface area contributed by atoms with Gasteiger partial charge in [0, 0.05) is 28.3 Å². The normalized spacial score (nSPS) is 10.3. The fourth-order valence-corrected chi connectivity index (χ4v) is 2.88. The Kier molecular flexibility index (Phi) is 5.89. The number of halogens is 1. The minimum Gasteiger partial charge on any atom is -0.496 e. The summed E-state index contributed by atoms with van der Waals surface area (Å²) in [5.41, 5.74) is 2.00. The molecule has 0 atom stereocenters. The highest BCUT2D eigenvalue weighted by Gasteiger charge is 2.18. The second-order valence-electron chi connectivity index (χ2n) is 5.88. The number of ether oxygens (including phenoxy) is 1. The molecule has 1 N–H and O–H groups in total. The Morgan fingerprint density at radius 3 is 2.22 bits per heavy atom. The number of methoxy groups -OCH3 is 1. The number of nitrogens with one attached hydrogen (secondary N) is 1. The van der Waals surface area contributed by atoms with E-state index in [1.54, 1.807) is 55.6 Å². The van der Waals surface area contributed by atoms with Crippen molar-refractivity contribution >= 4 is 23.3 Å². The van der Waals surface area contributed by atoms with E-state index in [0.29, 0.717) is 34.0 Å². The first-order valence-corrected chi connectivity index (χ1v) is 8.77. The van der Waals surface area contributed by atoms with Crippen molar-refractivity contribution in [3.05, 3.63) is 100 Å². The zero-order valence-electron chi connectivity index (χ0n) is 14.7. The van der Waals surface area contributed by atoms with Gasteiger partial charge in [-0.15, -0.1) is 0 Å². The molecule has 0 unspecified atom stereocenters. The van der Waals surface area contributed by atoms with Gasteiger partial charge in [0.05, 0.1) is 12.7 Å². The molecular formula is C22H18ClNO3.